The van der Waals surface area contributed by atoms with Crippen LogP contribution in [0.15, 0.2) is 54.9 Å². The summed E-state index contributed by atoms with van der Waals surface area (Å²) < 4.78 is 2.23. The molecule has 0 N–H and O–H groups in total. The van der Waals surface area contributed by atoms with E-state index in [2.05, 4.69) is 53.0 Å². The number of hydrogen-bond donors (Lipinski definition) is 0. The molecule has 0 unspecified atom stereocenters. The predicted molar refractivity (Wildman–Crippen MR) is 77.2 cm³/mol. The Kier molecular flexibility index (Phi) is 3.18. The molecule has 0 saturated carbocycles. The van der Waals surface area contributed by atoms with Crippen LogP contribution in [0.1, 0.15) is 11.3 Å². The zero-order valence-corrected chi connectivity index (χ0v) is 11.4. The average Bonchev–Trinajstić information content (AvgIpc) is 2.41. The summed E-state index contributed by atoms with van der Waals surface area (Å²) in [6.45, 7) is 2.97. The SMILES string of the molecule is Cc1cc2cnc(Cl)cc2c[n+]1Cc1ccccc1. The second kappa shape index (κ2) is 4.98. The first kappa shape index (κ1) is 12.1. The molecule has 3 aromatic rings. The van der Waals surface area contributed by atoms with Crippen molar-refractivity contribution >= 4 is 22.4 Å². The molecule has 0 radical (unpaired) electrons. The van der Waals surface area contributed by atoms with E-state index in [0.29, 0.717) is 5.15 Å². The van der Waals surface area contributed by atoms with E-state index in [4.69, 9.17) is 11.6 Å². The smallest absolute Gasteiger partial charge is 0.179 e. The van der Waals surface area contributed by atoms with Gasteiger partial charge < -0.3 is 0 Å². The maximum atomic E-state index is 5.95. The molecule has 0 amide bonds. The maximum absolute atomic E-state index is 5.95. The Bertz CT molecular complexity index is 723. The van der Waals surface area contributed by atoms with Gasteiger partial charge in [0.1, 0.15) is 5.15 Å². The Hall–Kier alpha value is -1.93. The van der Waals surface area contributed by atoms with E-state index < -0.39 is 0 Å². The normalized spacial score (nSPS) is 10.8. The minimum absolute atomic E-state index is 0.530. The highest BCUT2D eigenvalue weighted by Crippen LogP contribution is 2.16. The van der Waals surface area contributed by atoms with E-state index in [1.807, 2.05) is 18.3 Å². The van der Waals surface area contributed by atoms with Gasteiger partial charge in [-0.2, -0.15) is 4.57 Å². The van der Waals surface area contributed by atoms with Gasteiger partial charge in [0.15, 0.2) is 18.4 Å². The molecular weight excluding hydrogens is 256 g/mol. The van der Waals surface area contributed by atoms with Crippen LogP contribution in [0.25, 0.3) is 10.8 Å². The van der Waals surface area contributed by atoms with Crippen molar-refractivity contribution in [3.05, 3.63) is 71.3 Å². The average molecular weight is 270 g/mol. The van der Waals surface area contributed by atoms with Crippen LogP contribution in [0.5, 0.6) is 0 Å². The van der Waals surface area contributed by atoms with Crippen LogP contribution in [-0.2, 0) is 6.54 Å². The minimum Gasteiger partial charge on any atom is -0.244 e. The number of nitrogens with zero attached hydrogens (tertiary/aromatic N) is 2. The molecule has 0 saturated heterocycles. The van der Waals surface area contributed by atoms with Crippen LogP contribution in [0.4, 0.5) is 0 Å². The molecule has 0 aliphatic heterocycles. The van der Waals surface area contributed by atoms with Crippen molar-refractivity contribution in [1.29, 1.82) is 0 Å². The fourth-order valence-corrected chi connectivity index (χ4v) is 2.38. The van der Waals surface area contributed by atoms with E-state index >= 15 is 0 Å². The van der Waals surface area contributed by atoms with Gasteiger partial charge in [0, 0.05) is 30.1 Å². The van der Waals surface area contributed by atoms with E-state index in [9.17, 15) is 0 Å². The lowest BCUT2D eigenvalue weighted by Crippen LogP contribution is -2.37. The summed E-state index contributed by atoms with van der Waals surface area (Å²) in [5, 5.41) is 2.76. The third-order valence-electron chi connectivity index (χ3n) is 3.24. The molecular formula is C16H14ClN2+. The Balaban J connectivity index is 2.06. The topological polar surface area (TPSA) is 16.8 Å². The third-order valence-corrected chi connectivity index (χ3v) is 3.45. The van der Waals surface area contributed by atoms with E-state index in [-0.39, 0.29) is 0 Å². The van der Waals surface area contributed by atoms with Crippen molar-refractivity contribution in [3.8, 4) is 0 Å². The summed E-state index contributed by atoms with van der Waals surface area (Å²) in [6.07, 6.45) is 3.95. The number of hydrogen-bond acceptors (Lipinski definition) is 1. The molecule has 0 spiro atoms. The number of aromatic nitrogens is 2. The first-order valence-corrected chi connectivity index (χ1v) is 6.59. The Morgan fingerprint density at radius 1 is 1.11 bits per heavy atom. The van der Waals surface area contributed by atoms with Crippen molar-refractivity contribution in [2.24, 2.45) is 0 Å². The fraction of sp³-hybridized carbons (Fsp3) is 0.125. The van der Waals surface area contributed by atoms with Crippen LogP contribution in [0.3, 0.4) is 0 Å². The zero-order chi connectivity index (χ0) is 13.2. The van der Waals surface area contributed by atoms with Crippen molar-refractivity contribution in [2.45, 2.75) is 13.5 Å². The standard InChI is InChI=1S/C16H14ClN2/c1-12-7-14-9-18-16(17)8-15(14)11-19(12)10-13-5-3-2-4-6-13/h2-9,11H,10H2,1H3/q+1. The van der Waals surface area contributed by atoms with Crippen LogP contribution in [-0.4, -0.2) is 4.98 Å². The second-order valence-electron chi connectivity index (χ2n) is 4.66. The van der Waals surface area contributed by atoms with Gasteiger partial charge in [0.2, 0.25) is 0 Å². The van der Waals surface area contributed by atoms with E-state index in [1.165, 1.54) is 11.3 Å². The number of rotatable bonds is 2. The summed E-state index contributed by atoms with van der Waals surface area (Å²) in [5.74, 6) is 0. The molecule has 3 heteroatoms. The van der Waals surface area contributed by atoms with Gasteiger partial charge in [-0.15, -0.1) is 0 Å². The largest absolute Gasteiger partial charge is 0.244 e. The predicted octanol–water partition coefficient (Wildman–Crippen LogP) is 3.53. The van der Waals surface area contributed by atoms with Gasteiger partial charge in [0.05, 0.1) is 5.39 Å². The lowest BCUT2D eigenvalue weighted by molar-refractivity contribution is -0.693. The van der Waals surface area contributed by atoms with E-state index in [1.54, 1.807) is 0 Å². The Morgan fingerprint density at radius 3 is 2.68 bits per heavy atom. The Morgan fingerprint density at radius 2 is 1.89 bits per heavy atom. The molecule has 0 atom stereocenters. The van der Waals surface area contributed by atoms with Crippen molar-refractivity contribution in [2.75, 3.05) is 0 Å². The highest BCUT2D eigenvalue weighted by molar-refractivity contribution is 6.30. The van der Waals surface area contributed by atoms with Crippen LogP contribution < -0.4 is 4.57 Å². The summed E-state index contributed by atoms with van der Waals surface area (Å²) in [5.41, 5.74) is 2.50. The Labute approximate surface area is 117 Å². The molecule has 1 aromatic carbocycles. The molecule has 2 nitrogen and oxygen atoms in total. The highest BCUT2D eigenvalue weighted by Gasteiger charge is 2.10. The lowest BCUT2D eigenvalue weighted by atomic mass is 10.1. The van der Waals surface area contributed by atoms with Crippen molar-refractivity contribution < 1.29 is 4.57 Å². The maximum Gasteiger partial charge on any atom is 0.179 e. The van der Waals surface area contributed by atoms with Gasteiger partial charge in [-0.05, 0) is 6.07 Å². The van der Waals surface area contributed by atoms with Gasteiger partial charge in [-0.3, -0.25) is 0 Å². The number of fused-ring (bicyclic) bond motifs is 1. The van der Waals surface area contributed by atoms with Crippen LogP contribution in [0.2, 0.25) is 5.15 Å². The molecule has 19 heavy (non-hydrogen) atoms. The second-order valence-corrected chi connectivity index (χ2v) is 5.05. The highest BCUT2D eigenvalue weighted by atomic mass is 35.5. The first-order valence-electron chi connectivity index (χ1n) is 6.22. The van der Waals surface area contributed by atoms with Gasteiger partial charge in [-0.25, -0.2) is 4.98 Å². The molecule has 0 aliphatic carbocycles. The summed E-state index contributed by atoms with van der Waals surface area (Å²) >= 11 is 5.95. The molecule has 0 fully saturated rings. The summed E-state index contributed by atoms with van der Waals surface area (Å²) in [6, 6.07) is 14.5. The van der Waals surface area contributed by atoms with Gasteiger partial charge in [-0.1, -0.05) is 41.9 Å². The third kappa shape index (κ3) is 2.59. The molecule has 94 valence electrons. The van der Waals surface area contributed by atoms with Crippen LogP contribution in [0, 0.1) is 6.92 Å². The minimum atomic E-state index is 0.530. The summed E-state index contributed by atoms with van der Waals surface area (Å²) in [4.78, 5) is 4.12. The quantitative estimate of drug-likeness (QED) is 0.514. The summed E-state index contributed by atoms with van der Waals surface area (Å²) in [7, 11) is 0. The monoisotopic (exact) mass is 269 g/mol. The first-order chi connectivity index (χ1) is 9.22. The number of aryl methyl sites for hydroxylation is 1. The van der Waals surface area contributed by atoms with E-state index in [0.717, 1.165) is 17.3 Å². The van der Waals surface area contributed by atoms with Gasteiger partial charge in [0.25, 0.3) is 0 Å². The van der Waals surface area contributed by atoms with Crippen molar-refractivity contribution in [1.82, 2.24) is 4.98 Å². The molecule has 0 bridgehead atoms. The number of halogens is 1. The van der Waals surface area contributed by atoms with Crippen LogP contribution >= 0.6 is 11.6 Å². The molecule has 3 rings (SSSR count). The number of benzene rings is 1. The molecule has 2 aromatic heterocycles. The fourth-order valence-electron chi connectivity index (χ4n) is 2.22. The lowest BCUT2D eigenvalue weighted by Gasteiger charge is -2.03. The number of pyridine rings is 2. The zero-order valence-electron chi connectivity index (χ0n) is 10.7. The molecule has 0 aliphatic rings. The van der Waals surface area contributed by atoms with Crippen molar-refractivity contribution in [3.63, 3.8) is 0 Å². The molecule has 2 heterocycles. The van der Waals surface area contributed by atoms with Gasteiger partial charge >= 0.3 is 0 Å².